The predicted octanol–water partition coefficient (Wildman–Crippen LogP) is 4.49. The Kier molecular flexibility index (Phi) is 6.08. The van der Waals surface area contributed by atoms with E-state index in [4.69, 9.17) is 4.74 Å². The molecule has 112 valence electrons. The van der Waals surface area contributed by atoms with Gasteiger partial charge in [-0.2, -0.15) is 0 Å². The van der Waals surface area contributed by atoms with Gasteiger partial charge in [0, 0.05) is 11.4 Å². The molecule has 2 nitrogen and oxygen atoms in total. The predicted molar refractivity (Wildman–Crippen MR) is 85.5 cm³/mol. The van der Waals surface area contributed by atoms with Gasteiger partial charge >= 0.3 is 0 Å². The Balaban J connectivity index is 2.10. The van der Waals surface area contributed by atoms with Crippen LogP contribution in [0.25, 0.3) is 0 Å². The number of hydrogen-bond donors (Lipinski definition) is 1. The second kappa shape index (κ2) is 8.05. The van der Waals surface area contributed by atoms with Crippen LogP contribution in [-0.4, -0.2) is 13.7 Å². The minimum Gasteiger partial charge on any atom is -0.496 e. The average Bonchev–Trinajstić information content (AvgIpc) is 2.50. The molecule has 0 saturated heterocycles. The van der Waals surface area contributed by atoms with Crippen LogP contribution in [0, 0.1) is 5.82 Å². The molecule has 0 spiro atoms. The van der Waals surface area contributed by atoms with Crippen LogP contribution in [0.3, 0.4) is 0 Å². The Morgan fingerprint density at radius 2 is 1.95 bits per heavy atom. The lowest BCUT2D eigenvalue weighted by molar-refractivity contribution is 0.405. The molecule has 2 aromatic rings. The van der Waals surface area contributed by atoms with Crippen LogP contribution in [-0.2, 0) is 6.54 Å². The molecular formula is C17H20FNOS. The highest BCUT2D eigenvalue weighted by Crippen LogP contribution is 2.36. The number of hydrogen-bond acceptors (Lipinski definition) is 3. The minimum absolute atomic E-state index is 0.193. The Morgan fingerprint density at radius 1 is 1.14 bits per heavy atom. The smallest absolute Gasteiger partial charge is 0.137 e. The second-order valence-corrected chi connectivity index (χ2v) is 5.78. The van der Waals surface area contributed by atoms with E-state index in [1.165, 1.54) is 11.8 Å². The average molecular weight is 305 g/mol. The Bertz CT molecular complexity index is 589. The SMILES string of the molecule is CCCNCc1ccc(Sc2ccccc2OC)c(F)c1. The van der Waals surface area contributed by atoms with Crippen LogP contribution >= 0.6 is 11.8 Å². The number of methoxy groups -OCH3 is 1. The maximum atomic E-state index is 14.2. The highest BCUT2D eigenvalue weighted by Gasteiger charge is 2.09. The second-order valence-electron chi connectivity index (χ2n) is 4.69. The third kappa shape index (κ3) is 4.48. The van der Waals surface area contributed by atoms with E-state index in [0.29, 0.717) is 11.4 Å². The van der Waals surface area contributed by atoms with Crippen LogP contribution in [0.15, 0.2) is 52.3 Å². The molecule has 0 bridgehead atoms. The van der Waals surface area contributed by atoms with Gasteiger partial charge in [0.25, 0.3) is 0 Å². The Hall–Kier alpha value is -1.52. The zero-order valence-corrected chi connectivity index (χ0v) is 13.2. The summed E-state index contributed by atoms with van der Waals surface area (Å²) in [6, 6.07) is 13.0. The third-order valence-electron chi connectivity index (χ3n) is 3.04. The molecule has 2 rings (SSSR count). The van der Waals surface area contributed by atoms with Crippen LogP contribution in [0.1, 0.15) is 18.9 Å². The van der Waals surface area contributed by atoms with Crippen molar-refractivity contribution in [3.63, 3.8) is 0 Å². The highest BCUT2D eigenvalue weighted by molar-refractivity contribution is 7.99. The molecule has 0 amide bonds. The summed E-state index contributed by atoms with van der Waals surface area (Å²) in [6.45, 7) is 3.75. The van der Waals surface area contributed by atoms with Crippen molar-refractivity contribution in [2.75, 3.05) is 13.7 Å². The van der Waals surface area contributed by atoms with E-state index < -0.39 is 0 Å². The summed E-state index contributed by atoms with van der Waals surface area (Å²) in [7, 11) is 1.62. The number of halogens is 1. The molecule has 1 N–H and O–H groups in total. The summed E-state index contributed by atoms with van der Waals surface area (Å²) in [4.78, 5) is 1.52. The van der Waals surface area contributed by atoms with Gasteiger partial charge in [0.15, 0.2) is 0 Å². The lowest BCUT2D eigenvalue weighted by atomic mass is 10.2. The summed E-state index contributed by atoms with van der Waals surface area (Å²) >= 11 is 1.38. The maximum absolute atomic E-state index is 14.2. The van der Waals surface area contributed by atoms with E-state index in [0.717, 1.165) is 29.2 Å². The fourth-order valence-corrected chi connectivity index (χ4v) is 2.90. The number of rotatable bonds is 7. The van der Waals surface area contributed by atoms with Gasteiger partial charge in [0.1, 0.15) is 11.6 Å². The summed E-state index contributed by atoms with van der Waals surface area (Å²) in [5.41, 5.74) is 0.963. The molecule has 0 saturated carbocycles. The lowest BCUT2D eigenvalue weighted by Crippen LogP contribution is -2.13. The van der Waals surface area contributed by atoms with Crippen LogP contribution in [0.4, 0.5) is 4.39 Å². The molecule has 0 fully saturated rings. The number of nitrogens with one attached hydrogen (secondary N) is 1. The molecule has 0 aliphatic rings. The molecule has 0 aliphatic heterocycles. The highest BCUT2D eigenvalue weighted by atomic mass is 32.2. The Labute approximate surface area is 129 Å². The molecule has 4 heteroatoms. The van der Waals surface area contributed by atoms with Gasteiger partial charge in [-0.05, 0) is 42.8 Å². The van der Waals surface area contributed by atoms with Gasteiger partial charge in [-0.25, -0.2) is 4.39 Å². The summed E-state index contributed by atoms with van der Waals surface area (Å²) in [6.07, 6.45) is 1.07. The fourth-order valence-electron chi connectivity index (χ4n) is 1.97. The molecule has 0 atom stereocenters. The quantitative estimate of drug-likeness (QED) is 0.762. The van der Waals surface area contributed by atoms with E-state index in [1.54, 1.807) is 13.2 Å². The van der Waals surface area contributed by atoms with Gasteiger partial charge < -0.3 is 10.1 Å². The first-order valence-corrected chi connectivity index (χ1v) is 7.86. The number of ether oxygens (including phenoxy) is 1. The van der Waals surface area contributed by atoms with Crippen molar-refractivity contribution < 1.29 is 9.13 Å². The normalized spacial score (nSPS) is 10.6. The van der Waals surface area contributed by atoms with Gasteiger partial charge in [-0.15, -0.1) is 0 Å². The van der Waals surface area contributed by atoms with E-state index in [9.17, 15) is 4.39 Å². The largest absolute Gasteiger partial charge is 0.496 e. The third-order valence-corrected chi connectivity index (χ3v) is 4.15. The molecular weight excluding hydrogens is 285 g/mol. The Morgan fingerprint density at radius 3 is 2.67 bits per heavy atom. The van der Waals surface area contributed by atoms with Gasteiger partial charge in [0.2, 0.25) is 0 Å². The first-order valence-electron chi connectivity index (χ1n) is 7.04. The molecule has 21 heavy (non-hydrogen) atoms. The molecule has 0 heterocycles. The van der Waals surface area contributed by atoms with Gasteiger partial charge in [-0.1, -0.05) is 36.9 Å². The summed E-state index contributed by atoms with van der Waals surface area (Å²) in [5.74, 6) is 0.567. The van der Waals surface area contributed by atoms with Gasteiger partial charge in [-0.3, -0.25) is 0 Å². The molecule has 0 unspecified atom stereocenters. The van der Waals surface area contributed by atoms with Crippen molar-refractivity contribution in [1.29, 1.82) is 0 Å². The number of para-hydroxylation sites is 1. The van der Waals surface area contributed by atoms with Crippen molar-refractivity contribution in [1.82, 2.24) is 5.32 Å². The molecule has 0 aliphatic carbocycles. The van der Waals surface area contributed by atoms with Crippen LogP contribution in [0.2, 0.25) is 0 Å². The summed E-state index contributed by atoms with van der Waals surface area (Å²) < 4.78 is 19.5. The van der Waals surface area contributed by atoms with Crippen molar-refractivity contribution in [3.05, 3.63) is 53.8 Å². The van der Waals surface area contributed by atoms with E-state index in [2.05, 4.69) is 12.2 Å². The standard InChI is InChI=1S/C17H20FNOS/c1-3-10-19-12-13-8-9-16(14(18)11-13)21-17-7-5-4-6-15(17)20-2/h4-9,11,19H,3,10,12H2,1-2H3. The molecule has 0 radical (unpaired) electrons. The van der Waals surface area contributed by atoms with Crippen molar-refractivity contribution >= 4 is 11.8 Å². The van der Waals surface area contributed by atoms with Gasteiger partial charge in [0.05, 0.1) is 12.0 Å². The van der Waals surface area contributed by atoms with E-state index >= 15 is 0 Å². The van der Waals surface area contributed by atoms with Crippen LogP contribution in [0.5, 0.6) is 5.75 Å². The first kappa shape index (κ1) is 15.9. The fraction of sp³-hybridized carbons (Fsp3) is 0.294. The van der Waals surface area contributed by atoms with Crippen molar-refractivity contribution in [2.24, 2.45) is 0 Å². The van der Waals surface area contributed by atoms with Crippen LogP contribution < -0.4 is 10.1 Å². The topological polar surface area (TPSA) is 21.3 Å². The number of benzene rings is 2. The minimum atomic E-state index is -0.193. The lowest BCUT2D eigenvalue weighted by Gasteiger charge is -2.09. The maximum Gasteiger partial charge on any atom is 0.137 e. The monoisotopic (exact) mass is 305 g/mol. The molecule has 2 aromatic carbocycles. The zero-order chi connectivity index (χ0) is 15.1. The van der Waals surface area contributed by atoms with Crippen molar-refractivity contribution in [3.8, 4) is 5.75 Å². The van der Waals surface area contributed by atoms with E-state index in [1.807, 2.05) is 36.4 Å². The van der Waals surface area contributed by atoms with E-state index in [-0.39, 0.29) is 5.82 Å². The summed E-state index contributed by atoms with van der Waals surface area (Å²) in [5, 5.41) is 3.27. The molecule has 0 aromatic heterocycles. The van der Waals surface area contributed by atoms with Crippen molar-refractivity contribution in [2.45, 2.75) is 29.7 Å². The first-order chi connectivity index (χ1) is 10.2. The zero-order valence-electron chi connectivity index (χ0n) is 12.4.